The molecule has 0 saturated heterocycles. The van der Waals surface area contributed by atoms with E-state index in [9.17, 15) is 9.90 Å². The van der Waals surface area contributed by atoms with Crippen molar-refractivity contribution in [2.24, 2.45) is 7.05 Å². The highest BCUT2D eigenvalue weighted by atomic mass is 16.5. The van der Waals surface area contributed by atoms with Gasteiger partial charge in [-0.25, -0.2) is 4.68 Å². The van der Waals surface area contributed by atoms with E-state index in [4.69, 9.17) is 19.4 Å². The number of hydrogen-bond donors (Lipinski definition) is 2. The largest absolute Gasteiger partial charge is 0.494 e. The summed E-state index contributed by atoms with van der Waals surface area (Å²) < 4.78 is 13.4. The standard InChI is InChI=1S/C30H32N4O4.CH2O2/c1-18-22(15-27(37-3)30-29(18)31-32-33(30)2)23(16-28(35)36)20-9-8-19-10-11-25(24(19)14-20)34-12-13-38-26-7-5-4-6-21(26)17-34;2-1-3/h4-9,14-15,23,25H,10-13,16-17H2,1-3H3,(H,35,36);1H,(H,2,3). The molecular weight excluding hydrogens is 524 g/mol. The molecule has 6 rings (SSSR count). The molecule has 1 aliphatic heterocycles. The van der Waals surface area contributed by atoms with Gasteiger partial charge in [0.15, 0.2) is 0 Å². The number of carboxylic acid groups (broad SMARTS) is 2. The molecule has 214 valence electrons. The third-order valence-corrected chi connectivity index (χ3v) is 8.15. The summed E-state index contributed by atoms with van der Waals surface area (Å²) in [5.41, 5.74) is 8.21. The van der Waals surface area contributed by atoms with Crippen LogP contribution in [-0.4, -0.2) is 62.8 Å². The number of rotatable bonds is 6. The molecule has 3 aromatic carbocycles. The average molecular weight is 559 g/mol. The Morgan fingerprint density at radius 2 is 2.00 bits per heavy atom. The smallest absolute Gasteiger partial charge is 0.304 e. The maximum absolute atomic E-state index is 12.1. The Labute approximate surface area is 238 Å². The Kier molecular flexibility index (Phi) is 8.21. The van der Waals surface area contributed by atoms with Gasteiger partial charge in [0, 0.05) is 37.7 Å². The van der Waals surface area contributed by atoms with E-state index in [1.54, 1.807) is 11.8 Å². The predicted octanol–water partition coefficient (Wildman–Crippen LogP) is 4.47. The number of benzene rings is 3. The number of aliphatic carboxylic acids is 1. The van der Waals surface area contributed by atoms with Gasteiger partial charge in [0.25, 0.3) is 6.47 Å². The lowest BCUT2D eigenvalue weighted by Crippen LogP contribution is -2.29. The number of aromatic nitrogens is 3. The number of hydrogen-bond acceptors (Lipinski definition) is 7. The summed E-state index contributed by atoms with van der Waals surface area (Å²) in [4.78, 5) is 23.0. The molecule has 2 unspecified atom stereocenters. The van der Waals surface area contributed by atoms with Crippen molar-refractivity contribution in [1.82, 2.24) is 19.9 Å². The van der Waals surface area contributed by atoms with Crippen LogP contribution in [0.5, 0.6) is 11.5 Å². The molecule has 4 aromatic rings. The minimum atomic E-state index is -0.842. The van der Waals surface area contributed by atoms with E-state index in [0.717, 1.165) is 59.4 Å². The Hall–Kier alpha value is -4.44. The van der Waals surface area contributed by atoms with Gasteiger partial charge in [-0.15, -0.1) is 5.10 Å². The van der Waals surface area contributed by atoms with E-state index in [1.165, 1.54) is 16.7 Å². The van der Waals surface area contributed by atoms with Crippen LogP contribution in [0, 0.1) is 6.92 Å². The molecule has 1 aliphatic carbocycles. The van der Waals surface area contributed by atoms with Gasteiger partial charge in [-0.1, -0.05) is 41.6 Å². The Morgan fingerprint density at radius 3 is 2.76 bits per heavy atom. The monoisotopic (exact) mass is 558 g/mol. The normalized spacial score (nSPS) is 16.9. The van der Waals surface area contributed by atoms with Gasteiger partial charge in [-0.05, 0) is 59.7 Å². The Morgan fingerprint density at radius 1 is 1.22 bits per heavy atom. The van der Waals surface area contributed by atoms with E-state index < -0.39 is 5.97 Å². The molecule has 10 heteroatoms. The zero-order valence-corrected chi connectivity index (χ0v) is 23.4. The fourth-order valence-electron chi connectivity index (χ4n) is 6.25. The highest BCUT2D eigenvalue weighted by Gasteiger charge is 2.32. The second-order valence-electron chi connectivity index (χ2n) is 10.4. The second-order valence-corrected chi connectivity index (χ2v) is 10.4. The van der Waals surface area contributed by atoms with Gasteiger partial charge < -0.3 is 19.7 Å². The lowest BCUT2D eigenvalue weighted by molar-refractivity contribution is -0.137. The molecule has 2 N–H and O–H groups in total. The van der Waals surface area contributed by atoms with Crippen LogP contribution in [0.1, 0.15) is 58.2 Å². The third-order valence-electron chi connectivity index (χ3n) is 8.15. The van der Waals surface area contributed by atoms with Crippen LogP contribution in [0.25, 0.3) is 11.0 Å². The van der Waals surface area contributed by atoms with Crippen LogP contribution in [0.3, 0.4) is 0 Å². The summed E-state index contributed by atoms with van der Waals surface area (Å²) in [7, 11) is 3.45. The number of methoxy groups -OCH3 is 1. The van der Waals surface area contributed by atoms with E-state index in [0.29, 0.717) is 12.4 Å². The van der Waals surface area contributed by atoms with Crippen molar-refractivity contribution in [2.45, 2.75) is 44.7 Å². The van der Waals surface area contributed by atoms with Gasteiger partial charge in [0.1, 0.15) is 29.1 Å². The summed E-state index contributed by atoms with van der Waals surface area (Å²) in [6.07, 6.45) is 2.04. The van der Waals surface area contributed by atoms with Crippen molar-refractivity contribution in [1.29, 1.82) is 0 Å². The summed E-state index contributed by atoms with van der Waals surface area (Å²) in [5, 5.41) is 25.4. The topological polar surface area (TPSA) is 127 Å². The zero-order valence-electron chi connectivity index (χ0n) is 23.4. The molecule has 0 amide bonds. The van der Waals surface area contributed by atoms with Gasteiger partial charge >= 0.3 is 5.97 Å². The Balaban J connectivity index is 0.00000108. The van der Waals surface area contributed by atoms with E-state index in [2.05, 4.69) is 45.5 Å². The molecule has 0 saturated carbocycles. The van der Waals surface area contributed by atoms with E-state index in [1.807, 2.05) is 32.2 Å². The number of para-hydroxylation sites is 1. The first-order valence-electron chi connectivity index (χ1n) is 13.6. The minimum absolute atomic E-state index is 0.0237. The Bertz CT molecular complexity index is 1580. The molecule has 0 radical (unpaired) electrons. The van der Waals surface area contributed by atoms with Crippen molar-refractivity contribution in [3.05, 3.63) is 81.9 Å². The van der Waals surface area contributed by atoms with Crippen molar-refractivity contribution in [3.8, 4) is 11.5 Å². The predicted molar refractivity (Wildman–Crippen MR) is 152 cm³/mol. The minimum Gasteiger partial charge on any atom is -0.494 e. The number of carbonyl (C=O) groups is 2. The highest BCUT2D eigenvalue weighted by Crippen LogP contribution is 2.42. The number of ether oxygens (including phenoxy) is 2. The fraction of sp³-hybridized carbons (Fsp3) is 0.355. The summed E-state index contributed by atoms with van der Waals surface area (Å²) in [6, 6.07) is 17.0. The third kappa shape index (κ3) is 5.47. The molecule has 41 heavy (non-hydrogen) atoms. The highest BCUT2D eigenvalue weighted by molar-refractivity contribution is 5.86. The van der Waals surface area contributed by atoms with Crippen LogP contribution >= 0.6 is 0 Å². The summed E-state index contributed by atoms with van der Waals surface area (Å²) in [6.45, 7) is 4.08. The molecule has 0 spiro atoms. The molecule has 0 bridgehead atoms. The fourth-order valence-corrected chi connectivity index (χ4v) is 6.25. The molecule has 2 atom stereocenters. The van der Waals surface area contributed by atoms with Gasteiger partial charge in [0.05, 0.1) is 13.5 Å². The van der Waals surface area contributed by atoms with Gasteiger partial charge in [-0.2, -0.15) is 0 Å². The molecule has 0 fully saturated rings. The zero-order chi connectivity index (χ0) is 29.1. The van der Waals surface area contributed by atoms with Crippen LogP contribution in [0.15, 0.2) is 48.5 Å². The van der Waals surface area contributed by atoms with E-state index >= 15 is 0 Å². The molecule has 2 heterocycles. The molecular formula is C31H34N4O6. The van der Waals surface area contributed by atoms with Crippen molar-refractivity contribution >= 4 is 23.5 Å². The van der Waals surface area contributed by atoms with E-state index in [-0.39, 0.29) is 24.9 Å². The first-order valence-corrected chi connectivity index (χ1v) is 13.6. The molecule has 2 aliphatic rings. The number of nitrogens with zero attached hydrogens (tertiary/aromatic N) is 4. The first-order chi connectivity index (χ1) is 19.9. The number of aryl methyl sites for hydroxylation is 3. The number of carboxylic acids is 1. The number of fused-ring (bicyclic) bond motifs is 3. The SMILES string of the molecule is COc1cc(C(CC(=O)O)c2ccc3c(c2)C(N2CCOc4ccccc4C2)CC3)c(C)c2nnn(C)c12.O=CO. The maximum Gasteiger partial charge on any atom is 0.304 e. The lowest BCUT2D eigenvalue weighted by atomic mass is 9.84. The molecule has 1 aromatic heterocycles. The van der Waals surface area contributed by atoms with Gasteiger partial charge in [0.2, 0.25) is 0 Å². The van der Waals surface area contributed by atoms with Crippen LogP contribution in [0.4, 0.5) is 0 Å². The van der Waals surface area contributed by atoms with Crippen LogP contribution in [-0.2, 0) is 29.6 Å². The summed E-state index contributed by atoms with van der Waals surface area (Å²) in [5.74, 6) is 0.427. The lowest BCUT2D eigenvalue weighted by Gasteiger charge is -2.28. The van der Waals surface area contributed by atoms with Crippen molar-refractivity contribution in [2.75, 3.05) is 20.3 Å². The average Bonchev–Trinajstić information content (AvgIpc) is 3.49. The van der Waals surface area contributed by atoms with Crippen LogP contribution in [0.2, 0.25) is 0 Å². The van der Waals surface area contributed by atoms with Gasteiger partial charge in [-0.3, -0.25) is 14.5 Å². The first kappa shape index (κ1) is 28.1. The second kappa shape index (κ2) is 12.0. The van der Waals surface area contributed by atoms with Crippen LogP contribution < -0.4 is 9.47 Å². The maximum atomic E-state index is 12.1. The molecule has 10 nitrogen and oxygen atoms in total. The quantitative estimate of drug-likeness (QED) is 0.330. The summed E-state index contributed by atoms with van der Waals surface area (Å²) >= 11 is 0. The van der Waals surface area contributed by atoms with Crippen molar-refractivity contribution < 1.29 is 29.3 Å². The van der Waals surface area contributed by atoms with Crippen molar-refractivity contribution in [3.63, 3.8) is 0 Å².